The molecule has 0 unspecified atom stereocenters. The van der Waals surface area contributed by atoms with E-state index in [-0.39, 0.29) is 0 Å². The summed E-state index contributed by atoms with van der Waals surface area (Å²) in [6, 6.07) is 0. The fourth-order valence-electron chi connectivity index (χ4n) is 2.28. The Hall–Kier alpha value is -0.120. The lowest BCUT2D eigenvalue weighted by molar-refractivity contribution is 0.0425. The average molecular weight is 229 g/mol. The Bertz CT molecular complexity index is 169. The van der Waals surface area contributed by atoms with Crippen molar-refractivity contribution in [3.63, 3.8) is 0 Å². The highest BCUT2D eigenvalue weighted by atomic mass is 16.5. The number of ether oxygens (including phenoxy) is 2. The Kier molecular flexibility index (Phi) is 7.01. The molecule has 0 aromatic heterocycles. The third-order valence-corrected chi connectivity index (χ3v) is 3.58. The Labute approximate surface area is 99.9 Å². The molecule has 1 saturated carbocycles. The predicted molar refractivity (Wildman–Crippen MR) is 66.8 cm³/mol. The van der Waals surface area contributed by atoms with Gasteiger partial charge in [0.2, 0.25) is 0 Å². The number of methoxy groups -OCH3 is 1. The average Bonchev–Trinajstić information content (AvgIpc) is 2.25. The van der Waals surface area contributed by atoms with Gasteiger partial charge < -0.3 is 14.8 Å². The van der Waals surface area contributed by atoms with Gasteiger partial charge >= 0.3 is 0 Å². The van der Waals surface area contributed by atoms with E-state index in [0.717, 1.165) is 32.8 Å². The van der Waals surface area contributed by atoms with E-state index in [1.807, 2.05) is 0 Å². The van der Waals surface area contributed by atoms with E-state index in [1.165, 1.54) is 32.2 Å². The monoisotopic (exact) mass is 229 g/mol. The van der Waals surface area contributed by atoms with Crippen LogP contribution in [0.1, 0.15) is 39.0 Å². The van der Waals surface area contributed by atoms with Crippen LogP contribution in [0.2, 0.25) is 0 Å². The molecular weight excluding hydrogens is 202 g/mol. The minimum absolute atomic E-state index is 0.553. The molecule has 0 radical (unpaired) electrons. The molecule has 0 aliphatic heterocycles. The Morgan fingerprint density at radius 2 is 2.00 bits per heavy atom. The van der Waals surface area contributed by atoms with Crippen LogP contribution in [0.4, 0.5) is 0 Å². The highest BCUT2D eigenvalue weighted by Gasteiger charge is 2.35. The molecule has 1 N–H and O–H groups in total. The summed E-state index contributed by atoms with van der Waals surface area (Å²) in [6.07, 6.45) is 6.38. The van der Waals surface area contributed by atoms with E-state index in [4.69, 9.17) is 9.47 Å². The minimum atomic E-state index is 0.553. The van der Waals surface area contributed by atoms with Crippen molar-refractivity contribution < 1.29 is 9.47 Å². The smallest absolute Gasteiger partial charge is 0.0487 e. The molecule has 0 atom stereocenters. The third kappa shape index (κ3) is 4.81. The van der Waals surface area contributed by atoms with Crippen molar-refractivity contribution in [2.45, 2.75) is 39.0 Å². The highest BCUT2D eigenvalue weighted by molar-refractivity contribution is 4.89. The third-order valence-electron chi connectivity index (χ3n) is 3.58. The van der Waals surface area contributed by atoms with E-state index in [0.29, 0.717) is 5.41 Å². The Morgan fingerprint density at radius 3 is 2.56 bits per heavy atom. The van der Waals surface area contributed by atoms with Crippen LogP contribution >= 0.6 is 0 Å². The van der Waals surface area contributed by atoms with Crippen LogP contribution < -0.4 is 5.32 Å². The summed E-state index contributed by atoms with van der Waals surface area (Å²) in [7, 11) is 1.74. The van der Waals surface area contributed by atoms with Crippen LogP contribution in [-0.2, 0) is 9.47 Å². The summed E-state index contributed by atoms with van der Waals surface area (Å²) >= 11 is 0. The van der Waals surface area contributed by atoms with E-state index in [2.05, 4.69) is 12.2 Å². The summed E-state index contributed by atoms with van der Waals surface area (Å²) in [5, 5.41) is 3.48. The SMILES string of the molecule is CCNCC1(CCOCCCOC)CCC1. The molecule has 3 heteroatoms. The highest BCUT2D eigenvalue weighted by Crippen LogP contribution is 2.43. The molecule has 0 heterocycles. The summed E-state index contributed by atoms with van der Waals surface area (Å²) in [6.45, 7) is 6.98. The molecule has 1 aliphatic rings. The number of hydrogen-bond donors (Lipinski definition) is 1. The van der Waals surface area contributed by atoms with Crippen molar-refractivity contribution in [1.29, 1.82) is 0 Å². The van der Waals surface area contributed by atoms with Gasteiger partial charge in [0.1, 0.15) is 0 Å². The van der Waals surface area contributed by atoms with Gasteiger partial charge in [-0.05, 0) is 37.6 Å². The second-order valence-corrected chi connectivity index (χ2v) is 4.84. The van der Waals surface area contributed by atoms with Crippen molar-refractivity contribution in [3.05, 3.63) is 0 Å². The number of rotatable bonds is 10. The molecule has 0 aromatic rings. The maximum Gasteiger partial charge on any atom is 0.0487 e. The zero-order valence-electron chi connectivity index (χ0n) is 10.9. The van der Waals surface area contributed by atoms with Crippen molar-refractivity contribution in [3.8, 4) is 0 Å². The topological polar surface area (TPSA) is 30.5 Å². The van der Waals surface area contributed by atoms with Gasteiger partial charge in [0.15, 0.2) is 0 Å². The molecule has 1 rings (SSSR count). The zero-order valence-corrected chi connectivity index (χ0v) is 10.9. The van der Waals surface area contributed by atoms with Gasteiger partial charge in [-0.3, -0.25) is 0 Å². The first kappa shape index (κ1) is 13.9. The first-order chi connectivity index (χ1) is 7.83. The van der Waals surface area contributed by atoms with Crippen LogP contribution in [0, 0.1) is 5.41 Å². The molecule has 1 aliphatic carbocycles. The maximum absolute atomic E-state index is 5.64. The lowest BCUT2D eigenvalue weighted by Crippen LogP contribution is -2.40. The van der Waals surface area contributed by atoms with Crippen molar-refractivity contribution >= 4 is 0 Å². The Balaban J connectivity index is 2.00. The maximum atomic E-state index is 5.64. The molecule has 3 nitrogen and oxygen atoms in total. The normalized spacial score (nSPS) is 18.4. The first-order valence-electron chi connectivity index (χ1n) is 6.60. The molecule has 0 saturated heterocycles. The van der Waals surface area contributed by atoms with Crippen LogP contribution in [0.15, 0.2) is 0 Å². The van der Waals surface area contributed by atoms with Crippen molar-refractivity contribution in [1.82, 2.24) is 5.32 Å². The quantitative estimate of drug-likeness (QED) is 0.583. The van der Waals surface area contributed by atoms with Gasteiger partial charge in [0, 0.05) is 33.5 Å². The van der Waals surface area contributed by atoms with Crippen molar-refractivity contribution in [2.75, 3.05) is 40.0 Å². The first-order valence-corrected chi connectivity index (χ1v) is 6.60. The van der Waals surface area contributed by atoms with Crippen LogP contribution in [0.25, 0.3) is 0 Å². The van der Waals surface area contributed by atoms with Gasteiger partial charge in [-0.25, -0.2) is 0 Å². The minimum Gasteiger partial charge on any atom is -0.385 e. The lowest BCUT2D eigenvalue weighted by Gasteiger charge is -2.42. The molecular formula is C13H27NO2. The molecule has 0 spiro atoms. The number of nitrogens with one attached hydrogen (secondary N) is 1. The molecule has 0 amide bonds. The van der Waals surface area contributed by atoms with Crippen LogP contribution in [0.3, 0.4) is 0 Å². The van der Waals surface area contributed by atoms with Gasteiger partial charge in [-0.1, -0.05) is 13.3 Å². The fourth-order valence-corrected chi connectivity index (χ4v) is 2.28. The molecule has 0 aromatic carbocycles. The molecule has 96 valence electrons. The Morgan fingerprint density at radius 1 is 1.19 bits per heavy atom. The van der Waals surface area contributed by atoms with Gasteiger partial charge in [-0.15, -0.1) is 0 Å². The van der Waals surface area contributed by atoms with Gasteiger partial charge in [0.25, 0.3) is 0 Å². The zero-order chi connectivity index (χ0) is 11.7. The van der Waals surface area contributed by atoms with Gasteiger partial charge in [0.05, 0.1) is 0 Å². The van der Waals surface area contributed by atoms with E-state index < -0.39 is 0 Å². The largest absolute Gasteiger partial charge is 0.385 e. The molecule has 16 heavy (non-hydrogen) atoms. The fraction of sp³-hybridized carbons (Fsp3) is 1.00. The second-order valence-electron chi connectivity index (χ2n) is 4.84. The van der Waals surface area contributed by atoms with E-state index in [9.17, 15) is 0 Å². The second kappa shape index (κ2) is 8.04. The van der Waals surface area contributed by atoms with Crippen LogP contribution in [0.5, 0.6) is 0 Å². The number of hydrogen-bond acceptors (Lipinski definition) is 3. The van der Waals surface area contributed by atoms with E-state index >= 15 is 0 Å². The summed E-state index contributed by atoms with van der Waals surface area (Å²) in [5.41, 5.74) is 0.553. The lowest BCUT2D eigenvalue weighted by atomic mass is 9.67. The predicted octanol–water partition coefficient (Wildman–Crippen LogP) is 2.21. The van der Waals surface area contributed by atoms with Crippen LogP contribution in [-0.4, -0.2) is 40.0 Å². The van der Waals surface area contributed by atoms with Gasteiger partial charge in [-0.2, -0.15) is 0 Å². The summed E-state index contributed by atoms with van der Waals surface area (Å²) in [5.74, 6) is 0. The van der Waals surface area contributed by atoms with Crippen molar-refractivity contribution in [2.24, 2.45) is 5.41 Å². The standard InChI is InChI=1S/C13H27NO2/c1-3-14-12-13(6-4-7-13)8-11-16-10-5-9-15-2/h14H,3-12H2,1-2H3. The van der Waals surface area contributed by atoms with E-state index in [1.54, 1.807) is 7.11 Å². The molecule has 0 bridgehead atoms. The summed E-state index contributed by atoms with van der Waals surface area (Å²) in [4.78, 5) is 0. The molecule has 1 fully saturated rings. The summed E-state index contributed by atoms with van der Waals surface area (Å²) < 4.78 is 10.6.